The second kappa shape index (κ2) is 10.9. The summed E-state index contributed by atoms with van der Waals surface area (Å²) >= 11 is 0. The number of ether oxygens (including phenoxy) is 1. The molecule has 0 aliphatic heterocycles. The van der Waals surface area contributed by atoms with Crippen LogP contribution in [0.25, 0.3) is 0 Å². The van der Waals surface area contributed by atoms with Crippen LogP contribution in [0.3, 0.4) is 0 Å². The van der Waals surface area contributed by atoms with Crippen LogP contribution in [0, 0.1) is 46.3 Å². The fourth-order valence-electron chi connectivity index (χ4n) is 9.14. The first-order valence-corrected chi connectivity index (χ1v) is 16.9. The zero-order chi connectivity index (χ0) is 29.9. The van der Waals surface area contributed by atoms with Gasteiger partial charge < -0.3 is 24.3 Å². The maximum absolute atomic E-state index is 16.0. The van der Waals surface area contributed by atoms with E-state index in [1.165, 1.54) is 0 Å². The number of phosphoric ester groups is 2. The minimum absolute atomic E-state index is 0.00651. The lowest BCUT2D eigenvalue weighted by atomic mass is 9.43. The fraction of sp³-hybridized carbons (Fsp3) is 0.960. The summed E-state index contributed by atoms with van der Waals surface area (Å²) in [5.74, 6) is -8.49. The van der Waals surface area contributed by atoms with Gasteiger partial charge >= 0.3 is 21.6 Å². The van der Waals surface area contributed by atoms with Gasteiger partial charge in [0.15, 0.2) is 0 Å². The van der Waals surface area contributed by atoms with Gasteiger partial charge in [-0.25, -0.2) is 31.3 Å². The molecule has 0 aromatic rings. The van der Waals surface area contributed by atoms with Crippen LogP contribution in [0.4, 0.5) is 13.2 Å². The fourth-order valence-corrected chi connectivity index (χ4v) is 9.92. The smallest absolute Gasteiger partial charge is 0.438 e. The zero-order valence-corrected chi connectivity index (χ0v) is 24.8. The highest BCUT2D eigenvalue weighted by molar-refractivity contribution is 7.46. The van der Waals surface area contributed by atoms with Gasteiger partial charge in [-0.05, 0) is 78.9 Å². The van der Waals surface area contributed by atoms with Crippen LogP contribution in [-0.4, -0.2) is 44.1 Å². The molecule has 9 unspecified atom stereocenters. The summed E-state index contributed by atoms with van der Waals surface area (Å²) in [5, 5.41) is 0. The minimum atomic E-state index is -5.12. The molecule has 232 valence electrons. The lowest BCUT2D eigenvalue weighted by Gasteiger charge is -2.63. The number of carbonyl (C=O) groups excluding carboxylic acids is 1. The maximum Gasteiger partial charge on any atom is 0.472 e. The van der Waals surface area contributed by atoms with Crippen molar-refractivity contribution in [3.63, 3.8) is 0 Å². The Morgan fingerprint density at radius 2 is 1.57 bits per heavy atom. The minimum Gasteiger partial charge on any atom is -0.438 e. The number of alkyl halides is 3. The molecule has 4 aliphatic rings. The van der Waals surface area contributed by atoms with Crippen LogP contribution in [0.15, 0.2) is 0 Å². The number of esters is 1. The highest BCUT2D eigenvalue weighted by atomic mass is 31.2. The van der Waals surface area contributed by atoms with Gasteiger partial charge in [0, 0.05) is 31.6 Å². The van der Waals surface area contributed by atoms with E-state index in [1.54, 1.807) is 0 Å². The van der Waals surface area contributed by atoms with Gasteiger partial charge in [0.25, 0.3) is 5.92 Å². The van der Waals surface area contributed by atoms with Crippen molar-refractivity contribution in [2.24, 2.45) is 46.3 Å². The Labute approximate surface area is 232 Å². The third-order valence-electron chi connectivity index (χ3n) is 10.9. The summed E-state index contributed by atoms with van der Waals surface area (Å²) in [6.45, 7) is 5.14. The van der Waals surface area contributed by atoms with E-state index < -0.39 is 70.3 Å². The first kappa shape index (κ1) is 32.4. The monoisotopic (exact) mass is 620 g/mol. The van der Waals surface area contributed by atoms with Crippen LogP contribution in [0.2, 0.25) is 0 Å². The Balaban J connectivity index is 1.44. The van der Waals surface area contributed by atoms with Crippen molar-refractivity contribution >= 4 is 21.6 Å². The van der Waals surface area contributed by atoms with E-state index in [2.05, 4.69) is 16.0 Å². The van der Waals surface area contributed by atoms with Gasteiger partial charge in [-0.2, -0.15) is 0 Å². The number of hydrogen-bond donors (Lipinski definition) is 4. The van der Waals surface area contributed by atoms with E-state index in [9.17, 15) is 13.9 Å². The first-order valence-electron chi connectivity index (χ1n) is 13.9. The van der Waals surface area contributed by atoms with E-state index in [1.807, 2.05) is 13.8 Å². The second-order valence-electron chi connectivity index (χ2n) is 13.1. The SMILES string of the molecule is CC(CCC(=O)OCOP(=O)(O)O)C1CCC2C3C(CCC12C)C1(C)CCC(F)(OP(=O)(O)O)CC1CC3(F)F. The van der Waals surface area contributed by atoms with Crippen molar-refractivity contribution in [1.29, 1.82) is 0 Å². The Morgan fingerprint density at radius 3 is 2.20 bits per heavy atom. The quantitative estimate of drug-likeness (QED) is 0.143. The van der Waals surface area contributed by atoms with E-state index in [4.69, 9.17) is 24.3 Å². The van der Waals surface area contributed by atoms with Gasteiger partial charge in [0.05, 0.1) is 0 Å². The molecule has 4 saturated carbocycles. The summed E-state index contributed by atoms with van der Waals surface area (Å²) in [6.07, 6.45) is 2.01. The molecule has 0 amide bonds. The number of halogens is 3. The Hall–Kier alpha value is -0.520. The Kier molecular flexibility index (Phi) is 8.81. The number of fused-ring (bicyclic) bond motifs is 5. The molecule has 9 atom stereocenters. The average Bonchev–Trinajstić information content (AvgIpc) is 3.13. The topological polar surface area (TPSA) is 160 Å². The molecule has 15 heteroatoms. The van der Waals surface area contributed by atoms with Crippen LogP contribution in [0.5, 0.6) is 0 Å². The molecule has 4 aliphatic carbocycles. The molecule has 10 nitrogen and oxygen atoms in total. The second-order valence-corrected chi connectivity index (χ2v) is 15.5. The van der Waals surface area contributed by atoms with Gasteiger partial charge in [0.2, 0.25) is 12.6 Å². The number of rotatable bonds is 9. The molecule has 0 heterocycles. The molecule has 0 bridgehead atoms. The summed E-state index contributed by atoms with van der Waals surface area (Å²) in [7, 11) is -9.87. The van der Waals surface area contributed by atoms with Crippen LogP contribution in [-0.2, 0) is 27.7 Å². The van der Waals surface area contributed by atoms with E-state index in [-0.39, 0.29) is 48.3 Å². The highest BCUT2D eigenvalue weighted by Crippen LogP contribution is 2.72. The third kappa shape index (κ3) is 6.52. The molecule has 0 spiro atoms. The molecular weight excluding hydrogens is 579 g/mol. The van der Waals surface area contributed by atoms with Gasteiger partial charge in [-0.15, -0.1) is 0 Å². The van der Waals surface area contributed by atoms with Crippen LogP contribution in [0.1, 0.15) is 85.0 Å². The summed E-state index contributed by atoms with van der Waals surface area (Å²) in [6, 6.07) is 0. The first-order chi connectivity index (χ1) is 18.2. The van der Waals surface area contributed by atoms with E-state index in [0.29, 0.717) is 25.7 Å². The molecule has 4 fully saturated rings. The number of carbonyl (C=O) groups is 1. The number of hydrogen-bond acceptors (Lipinski definition) is 6. The maximum atomic E-state index is 16.0. The normalized spacial score (nSPS) is 41.9. The van der Waals surface area contributed by atoms with Gasteiger partial charge in [-0.1, -0.05) is 20.8 Å². The molecule has 0 radical (unpaired) electrons. The third-order valence-corrected chi connectivity index (χ3v) is 11.9. The zero-order valence-electron chi connectivity index (χ0n) is 23.0. The van der Waals surface area contributed by atoms with Crippen LogP contribution >= 0.6 is 15.6 Å². The van der Waals surface area contributed by atoms with Crippen molar-refractivity contribution in [3.05, 3.63) is 0 Å². The summed E-state index contributed by atoms with van der Waals surface area (Å²) < 4.78 is 82.7. The predicted octanol–water partition coefficient (Wildman–Crippen LogP) is 5.69. The Bertz CT molecular complexity index is 1070. The van der Waals surface area contributed by atoms with Crippen LogP contribution < -0.4 is 0 Å². The molecule has 0 saturated heterocycles. The summed E-state index contributed by atoms with van der Waals surface area (Å²) in [4.78, 5) is 47.7. The summed E-state index contributed by atoms with van der Waals surface area (Å²) in [5.41, 5.74) is -0.965. The van der Waals surface area contributed by atoms with Crippen molar-refractivity contribution in [1.82, 2.24) is 0 Å². The molecule has 4 N–H and O–H groups in total. The van der Waals surface area contributed by atoms with Crippen molar-refractivity contribution in [3.8, 4) is 0 Å². The molecule has 4 rings (SSSR count). The average molecular weight is 621 g/mol. The Morgan fingerprint density at radius 1 is 0.925 bits per heavy atom. The standard InChI is InChI=1S/C25H41F3O10P2/c1-15(4-7-20(29)36-14-37-39(30,31)32)17-5-6-18-21-19(8-9-23(17,18)3)22(2)10-11-24(26,38-40(33,34)35)12-16(22)13-25(21,27)28/h15-19,21H,4-14H2,1-3H3,(H2,30,31,32)(H2,33,34,35). The molecule has 0 aromatic heterocycles. The largest absolute Gasteiger partial charge is 0.472 e. The van der Waals surface area contributed by atoms with Gasteiger partial charge in [0.1, 0.15) is 0 Å². The van der Waals surface area contributed by atoms with Crippen molar-refractivity contribution < 1.29 is 60.5 Å². The lowest BCUT2D eigenvalue weighted by Crippen LogP contribution is -2.62. The van der Waals surface area contributed by atoms with Gasteiger partial charge in [-0.3, -0.25) is 4.79 Å². The lowest BCUT2D eigenvalue weighted by molar-refractivity contribution is -0.256. The van der Waals surface area contributed by atoms with E-state index in [0.717, 1.165) is 6.42 Å². The number of phosphoric acid groups is 2. The molecule has 40 heavy (non-hydrogen) atoms. The molecule has 0 aromatic carbocycles. The van der Waals surface area contributed by atoms with E-state index >= 15 is 13.2 Å². The van der Waals surface area contributed by atoms with Crippen molar-refractivity contribution in [2.45, 2.75) is 96.8 Å². The van der Waals surface area contributed by atoms with Crippen molar-refractivity contribution in [2.75, 3.05) is 6.79 Å². The molecular formula is C25H41F3O10P2. The highest BCUT2D eigenvalue weighted by Gasteiger charge is 2.69. The predicted molar refractivity (Wildman–Crippen MR) is 135 cm³/mol.